The number of sulfonamides is 1. The molecule has 0 aromatic heterocycles. The van der Waals surface area contributed by atoms with Crippen molar-refractivity contribution < 1.29 is 8.42 Å². The van der Waals surface area contributed by atoms with E-state index in [1.54, 1.807) is 6.07 Å². The first-order valence-corrected chi connectivity index (χ1v) is 6.12. The highest BCUT2D eigenvalue weighted by Gasteiger charge is 2.22. The minimum absolute atomic E-state index is 0.207. The van der Waals surface area contributed by atoms with E-state index in [1.165, 1.54) is 0 Å². The van der Waals surface area contributed by atoms with Gasteiger partial charge in [-0.2, -0.15) is 0 Å². The standard InChI is InChI=1S/C10H12N2O2S/c1-6-3-8-7(2)12-5-9(8)10(4-6)15(11,13)14/h3-4H,5H2,1-2H3,(H2,11,13,14). The molecule has 4 nitrogen and oxygen atoms in total. The van der Waals surface area contributed by atoms with Crippen LogP contribution in [0.5, 0.6) is 0 Å². The first-order valence-electron chi connectivity index (χ1n) is 4.57. The van der Waals surface area contributed by atoms with Crippen LogP contribution in [-0.2, 0) is 16.6 Å². The lowest BCUT2D eigenvalue weighted by Gasteiger charge is -2.07. The second-order valence-corrected chi connectivity index (χ2v) is 5.27. The molecule has 1 aliphatic rings. The third-order valence-corrected chi connectivity index (χ3v) is 3.50. The number of nitrogens with two attached hydrogens (primary N) is 1. The molecule has 1 aromatic carbocycles. The van der Waals surface area contributed by atoms with Gasteiger partial charge in [-0.1, -0.05) is 0 Å². The molecule has 1 aliphatic heterocycles. The molecule has 0 atom stereocenters. The van der Waals surface area contributed by atoms with Gasteiger partial charge >= 0.3 is 0 Å². The van der Waals surface area contributed by atoms with Crippen LogP contribution in [0.15, 0.2) is 22.0 Å². The minimum atomic E-state index is -3.65. The number of aryl methyl sites for hydroxylation is 1. The molecule has 0 fully saturated rings. The van der Waals surface area contributed by atoms with Gasteiger partial charge in [0.2, 0.25) is 10.0 Å². The molecular weight excluding hydrogens is 212 g/mol. The average molecular weight is 224 g/mol. The number of hydrogen-bond acceptors (Lipinski definition) is 3. The van der Waals surface area contributed by atoms with Gasteiger partial charge in [-0.05, 0) is 31.5 Å². The largest absolute Gasteiger partial charge is 0.285 e. The molecule has 0 amide bonds. The molecular formula is C10H12N2O2S. The van der Waals surface area contributed by atoms with Gasteiger partial charge in [-0.3, -0.25) is 4.99 Å². The zero-order valence-corrected chi connectivity index (χ0v) is 9.43. The average Bonchev–Trinajstić information content (AvgIpc) is 2.45. The zero-order chi connectivity index (χ0) is 11.2. The van der Waals surface area contributed by atoms with Gasteiger partial charge in [0.1, 0.15) is 0 Å². The van der Waals surface area contributed by atoms with Crippen LogP contribution < -0.4 is 5.14 Å². The Labute approximate surface area is 88.9 Å². The molecule has 0 radical (unpaired) electrons. The van der Waals surface area contributed by atoms with E-state index in [4.69, 9.17) is 5.14 Å². The van der Waals surface area contributed by atoms with Crippen molar-refractivity contribution in [3.05, 3.63) is 28.8 Å². The summed E-state index contributed by atoms with van der Waals surface area (Å²) in [6, 6.07) is 3.54. The number of benzene rings is 1. The fraction of sp³-hybridized carbons (Fsp3) is 0.300. The smallest absolute Gasteiger partial charge is 0.238 e. The predicted molar refractivity (Wildman–Crippen MR) is 58.5 cm³/mol. The molecule has 80 valence electrons. The zero-order valence-electron chi connectivity index (χ0n) is 8.61. The molecule has 1 heterocycles. The van der Waals surface area contributed by atoms with Crippen LogP contribution in [0.2, 0.25) is 0 Å². The van der Waals surface area contributed by atoms with Gasteiger partial charge < -0.3 is 0 Å². The van der Waals surface area contributed by atoms with E-state index in [-0.39, 0.29) is 4.90 Å². The summed E-state index contributed by atoms with van der Waals surface area (Å²) in [6.07, 6.45) is 0. The SMILES string of the molecule is CC1=NCc2c1cc(C)cc2S(N)(=O)=O. The van der Waals surface area contributed by atoms with Crippen molar-refractivity contribution in [3.8, 4) is 0 Å². The third-order valence-electron chi connectivity index (χ3n) is 2.52. The van der Waals surface area contributed by atoms with Crippen LogP contribution in [0.1, 0.15) is 23.6 Å². The van der Waals surface area contributed by atoms with Crippen LogP contribution in [0, 0.1) is 6.92 Å². The molecule has 0 aliphatic carbocycles. The molecule has 0 unspecified atom stereocenters. The summed E-state index contributed by atoms with van der Waals surface area (Å²) in [6.45, 7) is 4.13. The first-order chi connectivity index (χ1) is 6.89. The Kier molecular flexibility index (Phi) is 2.17. The molecule has 5 heteroatoms. The first kappa shape index (κ1) is 10.3. The maximum Gasteiger partial charge on any atom is 0.238 e. The van der Waals surface area contributed by atoms with Gasteiger partial charge in [-0.15, -0.1) is 0 Å². The summed E-state index contributed by atoms with van der Waals surface area (Å²) in [4.78, 5) is 4.42. The second-order valence-electron chi connectivity index (χ2n) is 3.74. The monoisotopic (exact) mass is 224 g/mol. The van der Waals surface area contributed by atoms with Gasteiger partial charge in [0.05, 0.1) is 11.4 Å². The van der Waals surface area contributed by atoms with Gasteiger partial charge in [0.15, 0.2) is 0 Å². The third kappa shape index (κ3) is 1.68. The van der Waals surface area contributed by atoms with E-state index < -0.39 is 10.0 Å². The van der Waals surface area contributed by atoms with E-state index in [1.807, 2.05) is 19.9 Å². The molecule has 0 saturated carbocycles. The minimum Gasteiger partial charge on any atom is -0.285 e. The molecule has 2 N–H and O–H groups in total. The predicted octanol–water partition coefficient (Wildman–Crippen LogP) is 0.965. The molecule has 0 saturated heterocycles. The molecule has 1 aromatic rings. The maximum atomic E-state index is 11.4. The number of aliphatic imine (C=N–C) groups is 1. The lowest BCUT2D eigenvalue weighted by atomic mass is 10.0. The summed E-state index contributed by atoms with van der Waals surface area (Å²) in [5, 5.41) is 5.17. The van der Waals surface area contributed by atoms with Crippen molar-refractivity contribution in [2.24, 2.45) is 10.1 Å². The Bertz CT molecular complexity index is 559. The number of primary sulfonamides is 1. The highest BCUT2D eigenvalue weighted by atomic mass is 32.2. The van der Waals surface area contributed by atoms with E-state index in [0.717, 1.165) is 22.4 Å². The van der Waals surface area contributed by atoms with Crippen molar-refractivity contribution in [1.82, 2.24) is 0 Å². The van der Waals surface area contributed by atoms with Gasteiger partial charge in [0.25, 0.3) is 0 Å². The molecule has 0 spiro atoms. The highest BCUT2D eigenvalue weighted by Crippen LogP contribution is 2.26. The molecule has 15 heavy (non-hydrogen) atoms. The van der Waals surface area contributed by atoms with E-state index in [2.05, 4.69) is 4.99 Å². The summed E-state index contributed by atoms with van der Waals surface area (Å²) in [7, 11) is -3.65. The van der Waals surface area contributed by atoms with E-state index in [9.17, 15) is 8.42 Å². The summed E-state index contributed by atoms with van der Waals surface area (Å²) in [5.41, 5.74) is 3.38. The number of rotatable bonds is 1. The van der Waals surface area contributed by atoms with Crippen LogP contribution in [0.4, 0.5) is 0 Å². The van der Waals surface area contributed by atoms with Crippen molar-refractivity contribution in [2.75, 3.05) is 0 Å². The van der Waals surface area contributed by atoms with Crippen LogP contribution in [0.25, 0.3) is 0 Å². The number of fused-ring (bicyclic) bond motifs is 1. The summed E-state index contributed by atoms with van der Waals surface area (Å²) < 4.78 is 22.8. The van der Waals surface area contributed by atoms with E-state index >= 15 is 0 Å². The normalized spacial score (nSPS) is 15.0. The number of nitrogens with zero attached hydrogens (tertiary/aromatic N) is 1. The maximum absolute atomic E-state index is 11.4. The second kappa shape index (κ2) is 3.15. The van der Waals surface area contributed by atoms with Gasteiger partial charge in [0, 0.05) is 16.8 Å². The van der Waals surface area contributed by atoms with Crippen molar-refractivity contribution in [3.63, 3.8) is 0 Å². The topological polar surface area (TPSA) is 72.5 Å². The van der Waals surface area contributed by atoms with Crippen LogP contribution >= 0.6 is 0 Å². The lowest BCUT2D eigenvalue weighted by Crippen LogP contribution is -2.15. The van der Waals surface area contributed by atoms with Gasteiger partial charge in [-0.25, -0.2) is 13.6 Å². The fourth-order valence-electron chi connectivity index (χ4n) is 1.81. The lowest BCUT2D eigenvalue weighted by molar-refractivity contribution is 0.596. The van der Waals surface area contributed by atoms with Crippen molar-refractivity contribution in [2.45, 2.75) is 25.3 Å². The summed E-state index contributed by atoms with van der Waals surface area (Å²) in [5.74, 6) is 0. The Hall–Kier alpha value is -1.20. The van der Waals surface area contributed by atoms with Crippen molar-refractivity contribution >= 4 is 15.7 Å². The molecule has 2 rings (SSSR count). The Morgan fingerprint density at radius 2 is 2.00 bits per heavy atom. The molecule has 0 bridgehead atoms. The fourth-order valence-corrected chi connectivity index (χ4v) is 2.67. The van der Waals surface area contributed by atoms with Crippen molar-refractivity contribution in [1.29, 1.82) is 0 Å². The van der Waals surface area contributed by atoms with Crippen LogP contribution in [-0.4, -0.2) is 14.1 Å². The van der Waals surface area contributed by atoms with E-state index in [0.29, 0.717) is 6.54 Å². The quantitative estimate of drug-likeness (QED) is 0.771. The Balaban J connectivity index is 2.77. The Morgan fingerprint density at radius 3 is 2.60 bits per heavy atom. The van der Waals surface area contributed by atoms with Crippen LogP contribution in [0.3, 0.4) is 0 Å². The highest BCUT2D eigenvalue weighted by molar-refractivity contribution is 7.89. The summed E-state index contributed by atoms with van der Waals surface area (Å²) >= 11 is 0. The number of hydrogen-bond donors (Lipinski definition) is 1. The Morgan fingerprint density at radius 1 is 1.33 bits per heavy atom.